The largest absolute Gasteiger partial charge is 0.383 e. The smallest absolute Gasteiger partial charge is 0.148 e. The summed E-state index contributed by atoms with van der Waals surface area (Å²) in [6.45, 7) is 5.54. The summed E-state index contributed by atoms with van der Waals surface area (Å²) >= 11 is 2.60. The minimum absolute atomic E-state index is 0.0544. The number of nitriles is 2. The Bertz CT molecular complexity index is 853. The van der Waals surface area contributed by atoms with E-state index >= 15 is 0 Å². The van der Waals surface area contributed by atoms with Crippen LogP contribution in [-0.4, -0.2) is 16.5 Å². The number of carbonyl (C=O) groups is 1. The summed E-state index contributed by atoms with van der Waals surface area (Å²) in [5.41, 5.74) is 6.43. The molecule has 2 N–H and O–H groups in total. The lowest BCUT2D eigenvalue weighted by molar-refractivity contribution is -0.123. The van der Waals surface area contributed by atoms with Crippen LogP contribution in [0.2, 0.25) is 0 Å². The Hall–Kier alpha value is -2.35. The van der Waals surface area contributed by atoms with Gasteiger partial charge in [0.2, 0.25) is 0 Å². The number of hydrogen-bond acceptors (Lipinski definition) is 7. The van der Waals surface area contributed by atoms with Gasteiger partial charge < -0.3 is 5.73 Å². The average molecular weight is 356 g/mol. The lowest BCUT2D eigenvalue weighted by Gasteiger charge is -2.16. The zero-order valence-electron chi connectivity index (χ0n) is 13.6. The summed E-state index contributed by atoms with van der Waals surface area (Å²) in [6, 6.07) is 7.83. The molecule has 0 fully saturated rings. The summed E-state index contributed by atoms with van der Waals surface area (Å²) in [4.78, 5) is 17.1. The Labute approximate surface area is 149 Å². The number of nitrogens with two attached hydrogens (primary N) is 1. The van der Waals surface area contributed by atoms with Crippen LogP contribution in [0.1, 0.15) is 31.9 Å². The summed E-state index contributed by atoms with van der Waals surface area (Å²) < 4.78 is 0. The first kappa shape index (κ1) is 18.0. The molecule has 2 heterocycles. The number of carbonyl (C=O) groups excluding carboxylic acids is 1. The molecular formula is C17H16N4OS2. The number of rotatable bonds is 4. The van der Waals surface area contributed by atoms with Gasteiger partial charge in [-0.2, -0.15) is 10.5 Å². The van der Waals surface area contributed by atoms with Gasteiger partial charge in [0.05, 0.1) is 11.3 Å². The first-order chi connectivity index (χ1) is 11.3. The van der Waals surface area contributed by atoms with Crippen molar-refractivity contribution in [2.24, 2.45) is 5.41 Å². The molecule has 0 atom stereocenters. The third-order valence-electron chi connectivity index (χ3n) is 3.36. The maximum atomic E-state index is 12.1. The highest BCUT2D eigenvalue weighted by Gasteiger charge is 2.24. The molecule has 0 saturated carbocycles. The molecule has 7 heteroatoms. The fourth-order valence-electron chi connectivity index (χ4n) is 1.92. The van der Waals surface area contributed by atoms with Crippen LogP contribution in [0.3, 0.4) is 0 Å². The molecule has 0 saturated heterocycles. The van der Waals surface area contributed by atoms with Gasteiger partial charge in [0.15, 0.2) is 0 Å². The number of pyridine rings is 1. The molecule has 0 aromatic carbocycles. The Balaban J connectivity index is 2.53. The minimum Gasteiger partial charge on any atom is -0.383 e. The van der Waals surface area contributed by atoms with E-state index in [-0.39, 0.29) is 28.5 Å². The third kappa shape index (κ3) is 3.59. The topological polar surface area (TPSA) is 104 Å². The number of thioether (sulfide) groups is 1. The van der Waals surface area contributed by atoms with Crippen LogP contribution in [0.5, 0.6) is 0 Å². The van der Waals surface area contributed by atoms with E-state index in [0.29, 0.717) is 10.6 Å². The first-order valence-corrected chi connectivity index (χ1v) is 8.99. The van der Waals surface area contributed by atoms with Crippen LogP contribution in [-0.2, 0) is 4.79 Å². The predicted octanol–water partition coefficient (Wildman–Crippen LogP) is 3.84. The van der Waals surface area contributed by atoms with Crippen molar-refractivity contribution in [2.75, 3.05) is 11.5 Å². The fourth-order valence-corrected chi connectivity index (χ4v) is 3.86. The molecule has 0 bridgehead atoms. The van der Waals surface area contributed by atoms with Crippen LogP contribution in [0.15, 0.2) is 22.5 Å². The second-order valence-corrected chi connectivity index (χ2v) is 8.00. The van der Waals surface area contributed by atoms with Crippen molar-refractivity contribution in [1.82, 2.24) is 4.98 Å². The standard InChI is InChI=1S/C17H16N4OS2/c1-17(2,3)13(22)9-24-16-11(8-19)14(12-5-4-6-23-12)10(7-18)15(20)21-16/h4-6H,9H2,1-3H3,(H2,20,21). The van der Waals surface area contributed by atoms with Gasteiger partial charge >= 0.3 is 0 Å². The summed E-state index contributed by atoms with van der Waals surface area (Å²) in [7, 11) is 0. The minimum atomic E-state index is -0.464. The number of anilines is 1. The Morgan fingerprint density at radius 2 is 2.00 bits per heavy atom. The number of aromatic nitrogens is 1. The second kappa shape index (κ2) is 7.04. The second-order valence-electron chi connectivity index (χ2n) is 6.09. The average Bonchev–Trinajstić information content (AvgIpc) is 3.04. The van der Waals surface area contributed by atoms with Crippen molar-refractivity contribution in [2.45, 2.75) is 25.8 Å². The molecule has 24 heavy (non-hydrogen) atoms. The van der Waals surface area contributed by atoms with Crippen molar-refractivity contribution in [1.29, 1.82) is 10.5 Å². The van der Waals surface area contributed by atoms with E-state index in [1.165, 1.54) is 23.1 Å². The van der Waals surface area contributed by atoms with Crippen LogP contribution in [0, 0.1) is 28.1 Å². The van der Waals surface area contributed by atoms with Gasteiger partial charge in [-0.3, -0.25) is 4.79 Å². The van der Waals surface area contributed by atoms with Crippen LogP contribution < -0.4 is 5.73 Å². The maximum absolute atomic E-state index is 12.1. The highest BCUT2D eigenvalue weighted by atomic mass is 32.2. The molecule has 122 valence electrons. The van der Waals surface area contributed by atoms with Crippen LogP contribution in [0.4, 0.5) is 5.82 Å². The van der Waals surface area contributed by atoms with Gasteiger partial charge in [0.25, 0.3) is 0 Å². The lowest BCUT2D eigenvalue weighted by Crippen LogP contribution is -2.22. The molecule has 2 aromatic heterocycles. The summed E-state index contributed by atoms with van der Waals surface area (Å²) in [5.74, 6) is 0.324. The van der Waals surface area contributed by atoms with E-state index in [1.807, 2.05) is 44.4 Å². The number of nitrogens with zero attached hydrogens (tertiary/aromatic N) is 3. The predicted molar refractivity (Wildman–Crippen MR) is 96.6 cm³/mol. The van der Waals surface area contributed by atoms with Crippen LogP contribution in [0.25, 0.3) is 10.4 Å². The van der Waals surface area contributed by atoms with E-state index in [2.05, 4.69) is 11.1 Å². The molecule has 0 aliphatic carbocycles. The lowest BCUT2D eigenvalue weighted by atomic mass is 9.92. The molecule has 0 amide bonds. The van der Waals surface area contributed by atoms with Crippen molar-refractivity contribution < 1.29 is 4.79 Å². The number of hydrogen-bond donors (Lipinski definition) is 1. The zero-order valence-corrected chi connectivity index (χ0v) is 15.2. The number of ketones is 1. The Morgan fingerprint density at radius 3 is 2.50 bits per heavy atom. The molecule has 5 nitrogen and oxygen atoms in total. The van der Waals surface area contributed by atoms with Gasteiger partial charge in [-0.15, -0.1) is 11.3 Å². The monoisotopic (exact) mass is 356 g/mol. The van der Waals surface area contributed by atoms with Crippen molar-refractivity contribution in [3.63, 3.8) is 0 Å². The number of thiophene rings is 1. The van der Waals surface area contributed by atoms with Crippen molar-refractivity contribution in [3.8, 4) is 22.6 Å². The van der Waals surface area contributed by atoms with Gasteiger partial charge in [0.1, 0.15) is 34.3 Å². The maximum Gasteiger partial charge on any atom is 0.148 e. The highest BCUT2D eigenvalue weighted by molar-refractivity contribution is 8.00. The van der Waals surface area contributed by atoms with Crippen molar-refractivity contribution in [3.05, 3.63) is 28.6 Å². The SMILES string of the molecule is CC(C)(C)C(=O)CSc1nc(N)c(C#N)c(-c2cccs2)c1C#N. The summed E-state index contributed by atoms with van der Waals surface area (Å²) in [6.07, 6.45) is 0. The molecule has 0 aliphatic rings. The number of Topliss-reactive ketones (excluding diaryl/α,β-unsaturated/α-hetero) is 1. The Morgan fingerprint density at radius 1 is 1.33 bits per heavy atom. The molecule has 0 unspecified atom stereocenters. The molecule has 0 spiro atoms. The Kier molecular flexibility index (Phi) is 5.28. The van der Waals surface area contributed by atoms with E-state index in [4.69, 9.17) is 5.73 Å². The fraction of sp³-hybridized carbons (Fsp3) is 0.294. The van der Waals surface area contributed by atoms with Crippen molar-refractivity contribution >= 4 is 34.7 Å². The van der Waals surface area contributed by atoms with Gasteiger partial charge in [-0.25, -0.2) is 4.98 Å². The van der Waals surface area contributed by atoms with E-state index < -0.39 is 5.41 Å². The van der Waals surface area contributed by atoms with Gasteiger partial charge in [0, 0.05) is 15.9 Å². The van der Waals surface area contributed by atoms with Crippen LogP contribution >= 0.6 is 23.1 Å². The molecule has 0 aliphatic heterocycles. The van der Waals surface area contributed by atoms with E-state index in [1.54, 1.807) is 0 Å². The molecular weight excluding hydrogens is 340 g/mol. The highest BCUT2D eigenvalue weighted by Crippen LogP contribution is 2.37. The van der Waals surface area contributed by atoms with Gasteiger partial charge in [-0.1, -0.05) is 38.6 Å². The zero-order chi connectivity index (χ0) is 17.9. The first-order valence-electron chi connectivity index (χ1n) is 7.13. The van der Waals surface area contributed by atoms with Gasteiger partial charge in [-0.05, 0) is 11.4 Å². The van der Waals surface area contributed by atoms with E-state index in [9.17, 15) is 15.3 Å². The molecule has 0 radical (unpaired) electrons. The molecule has 2 rings (SSSR count). The van der Waals surface area contributed by atoms with E-state index in [0.717, 1.165) is 4.88 Å². The number of nitrogen functional groups attached to an aromatic ring is 1. The summed E-state index contributed by atoms with van der Waals surface area (Å²) in [5, 5.41) is 21.2. The molecule has 2 aromatic rings. The normalized spacial score (nSPS) is 10.9. The third-order valence-corrected chi connectivity index (χ3v) is 5.22. The quantitative estimate of drug-likeness (QED) is 0.835.